The highest BCUT2D eigenvalue weighted by Crippen LogP contribution is 2.30. The fourth-order valence-electron chi connectivity index (χ4n) is 4.31. The average Bonchev–Trinajstić information content (AvgIpc) is 2.72. The molecule has 2 aliphatic heterocycles. The summed E-state index contributed by atoms with van der Waals surface area (Å²) in [5, 5.41) is 8.49. The van der Waals surface area contributed by atoms with Crippen molar-refractivity contribution in [1.29, 1.82) is 0 Å². The highest BCUT2D eigenvalue weighted by atomic mass is 32.2. The summed E-state index contributed by atoms with van der Waals surface area (Å²) in [5.41, 5.74) is 5.20. The fourth-order valence-corrected chi connectivity index (χ4v) is 6.32. The van der Waals surface area contributed by atoms with Crippen molar-refractivity contribution in [2.24, 2.45) is 17.6 Å². The Bertz CT molecular complexity index is 816. The van der Waals surface area contributed by atoms with Gasteiger partial charge in [0.1, 0.15) is 5.60 Å². The molecule has 2 aliphatic rings. The molecule has 0 bridgehead atoms. The van der Waals surface area contributed by atoms with E-state index in [1.807, 2.05) is 20.8 Å². The van der Waals surface area contributed by atoms with Crippen molar-refractivity contribution in [3.05, 3.63) is 0 Å². The zero-order valence-corrected chi connectivity index (χ0v) is 21.0. The number of piperidine rings is 1. The van der Waals surface area contributed by atoms with E-state index in [0.29, 0.717) is 38.3 Å². The van der Waals surface area contributed by atoms with Gasteiger partial charge in [-0.3, -0.25) is 9.59 Å². The smallest absolute Gasteiger partial charge is 0.410 e. The van der Waals surface area contributed by atoms with Crippen LogP contribution in [0.3, 0.4) is 0 Å². The van der Waals surface area contributed by atoms with E-state index in [2.05, 4.69) is 0 Å². The van der Waals surface area contributed by atoms with Crippen LogP contribution in [0.4, 0.5) is 4.79 Å². The molecule has 2 unspecified atom stereocenters. The number of carbonyl (C=O) groups is 3. The van der Waals surface area contributed by atoms with Crippen LogP contribution in [0.5, 0.6) is 0 Å². The van der Waals surface area contributed by atoms with Crippen LogP contribution in [0.25, 0.3) is 0 Å². The predicted octanol–water partition coefficient (Wildman–Crippen LogP) is 1.83. The highest BCUT2D eigenvalue weighted by molar-refractivity contribution is 7.89. The van der Waals surface area contributed by atoms with Gasteiger partial charge in [-0.25, -0.2) is 13.2 Å². The summed E-state index contributed by atoms with van der Waals surface area (Å²) in [4.78, 5) is 37.4. The van der Waals surface area contributed by atoms with Crippen molar-refractivity contribution >= 4 is 27.9 Å². The molecule has 1 amide bonds. The monoisotopic (exact) mass is 489 g/mol. The lowest BCUT2D eigenvalue weighted by atomic mass is 9.91. The minimum Gasteiger partial charge on any atom is -0.481 e. The molecule has 0 aromatic carbocycles. The first-order valence-electron chi connectivity index (χ1n) is 11.7. The Kier molecular flexibility index (Phi) is 9.29. The summed E-state index contributed by atoms with van der Waals surface area (Å²) >= 11 is 0. The number of ether oxygens (including phenoxy) is 1. The quantitative estimate of drug-likeness (QED) is 0.525. The van der Waals surface area contributed by atoms with E-state index in [1.54, 1.807) is 4.90 Å². The molecule has 190 valence electrons. The number of amides is 1. The van der Waals surface area contributed by atoms with Gasteiger partial charge in [-0.2, -0.15) is 4.31 Å². The van der Waals surface area contributed by atoms with Gasteiger partial charge < -0.3 is 20.5 Å². The van der Waals surface area contributed by atoms with Gasteiger partial charge in [-0.1, -0.05) is 0 Å². The van der Waals surface area contributed by atoms with Crippen molar-refractivity contribution < 1.29 is 32.6 Å². The molecule has 3 N–H and O–H groups in total. The molecule has 0 saturated carbocycles. The Balaban J connectivity index is 1.86. The molecule has 2 fully saturated rings. The topological polar surface area (TPSA) is 147 Å². The van der Waals surface area contributed by atoms with Crippen LogP contribution in [0.15, 0.2) is 0 Å². The van der Waals surface area contributed by atoms with E-state index in [-0.39, 0.29) is 19.2 Å². The standard InChI is InChI=1S/C22H39N3O7S/c1-15(20(27)28)19(23)18(26)14-25-11-5-6-17(33(25,30)31)8-7-16-9-12-24(13-10-16)21(29)32-22(2,3)4/h15-17,19H,5-14,23H2,1-4H3,(H,27,28)/t15-,17?,19?/m1/s1. The molecule has 0 aliphatic carbocycles. The van der Waals surface area contributed by atoms with Gasteiger partial charge in [0.05, 0.1) is 23.8 Å². The lowest BCUT2D eigenvalue weighted by Gasteiger charge is -2.35. The Labute approximate surface area is 196 Å². The van der Waals surface area contributed by atoms with Crippen molar-refractivity contribution in [3.63, 3.8) is 0 Å². The largest absolute Gasteiger partial charge is 0.481 e. The Morgan fingerprint density at radius 1 is 1.09 bits per heavy atom. The molecule has 10 nitrogen and oxygen atoms in total. The lowest BCUT2D eigenvalue weighted by Crippen LogP contribution is -2.51. The number of Topliss-reactive ketones (excluding diaryl/α,β-unsaturated/α-hetero) is 1. The second-order valence-electron chi connectivity index (χ2n) is 10.2. The molecule has 0 radical (unpaired) electrons. The summed E-state index contributed by atoms with van der Waals surface area (Å²) in [6, 6.07) is -1.24. The van der Waals surface area contributed by atoms with Crippen LogP contribution >= 0.6 is 0 Å². The number of rotatable bonds is 8. The third-order valence-corrected chi connectivity index (χ3v) is 8.86. The molecule has 0 spiro atoms. The van der Waals surface area contributed by atoms with Crippen molar-refractivity contribution in [2.45, 2.75) is 83.1 Å². The van der Waals surface area contributed by atoms with Gasteiger partial charge in [0.15, 0.2) is 5.78 Å². The van der Waals surface area contributed by atoms with Crippen LogP contribution in [-0.4, -0.2) is 83.6 Å². The maximum atomic E-state index is 13.1. The number of carboxylic acid groups (broad SMARTS) is 1. The lowest BCUT2D eigenvalue weighted by molar-refractivity contribution is -0.143. The van der Waals surface area contributed by atoms with Crippen LogP contribution in [-0.2, 0) is 24.3 Å². The fraction of sp³-hybridized carbons (Fsp3) is 0.864. The van der Waals surface area contributed by atoms with E-state index in [9.17, 15) is 22.8 Å². The molecule has 2 rings (SSSR count). The molecule has 2 saturated heterocycles. The summed E-state index contributed by atoms with van der Waals surface area (Å²) in [5.74, 6) is -2.51. The summed E-state index contributed by atoms with van der Waals surface area (Å²) in [6.07, 6.45) is 3.73. The SMILES string of the molecule is C[C@@H](C(=O)O)C(N)C(=O)CN1CCCC(CCC2CCN(C(=O)OC(C)(C)C)CC2)S1(=O)=O. The maximum absolute atomic E-state index is 13.1. The van der Waals surface area contributed by atoms with Crippen molar-refractivity contribution in [3.8, 4) is 0 Å². The number of nitrogens with two attached hydrogens (primary N) is 1. The Morgan fingerprint density at radius 2 is 1.70 bits per heavy atom. The number of aliphatic carboxylic acids is 1. The van der Waals surface area contributed by atoms with Crippen LogP contribution < -0.4 is 5.73 Å². The van der Waals surface area contributed by atoms with E-state index >= 15 is 0 Å². The minimum absolute atomic E-state index is 0.243. The summed E-state index contributed by atoms with van der Waals surface area (Å²) in [6.45, 7) is 7.89. The maximum Gasteiger partial charge on any atom is 0.410 e. The van der Waals surface area contributed by atoms with Crippen molar-refractivity contribution in [1.82, 2.24) is 9.21 Å². The number of sulfonamides is 1. The number of ketones is 1. The number of carbonyl (C=O) groups excluding carboxylic acids is 2. The zero-order chi connectivity index (χ0) is 25.0. The molecule has 0 aromatic rings. The molecular formula is C22H39N3O7S. The Hall–Kier alpha value is -1.72. The van der Waals surface area contributed by atoms with E-state index < -0.39 is 44.6 Å². The third kappa shape index (κ3) is 7.65. The van der Waals surface area contributed by atoms with Gasteiger partial charge >= 0.3 is 12.1 Å². The average molecular weight is 490 g/mol. The zero-order valence-electron chi connectivity index (χ0n) is 20.2. The number of nitrogens with zero attached hydrogens (tertiary/aromatic N) is 2. The van der Waals surface area contributed by atoms with Gasteiger partial charge in [0, 0.05) is 19.6 Å². The third-order valence-electron chi connectivity index (χ3n) is 6.51. The van der Waals surface area contributed by atoms with Gasteiger partial charge in [0.2, 0.25) is 10.0 Å². The van der Waals surface area contributed by atoms with Gasteiger partial charge in [-0.05, 0) is 72.1 Å². The van der Waals surface area contributed by atoms with Gasteiger partial charge in [-0.15, -0.1) is 0 Å². The second-order valence-corrected chi connectivity index (χ2v) is 12.5. The van der Waals surface area contributed by atoms with Crippen LogP contribution in [0.1, 0.15) is 66.2 Å². The first-order chi connectivity index (χ1) is 15.2. The predicted molar refractivity (Wildman–Crippen MR) is 123 cm³/mol. The molecule has 3 atom stereocenters. The Morgan fingerprint density at radius 3 is 2.24 bits per heavy atom. The first-order valence-corrected chi connectivity index (χ1v) is 13.2. The van der Waals surface area contributed by atoms with Crippen LogP contribution in [0, 0.1) is 11.8 Å². The molecule has 2 heterocycles. The summed E-state index contributed by atoms with van der Waals surface area (Å²) < 4.78 is 32.7. The number of hydrogen-bond acceptors (Lipinski definition) is 7. The highest BCUT2D eigenvalue weighted by Gasteiger charge is 2.38. The second kappa shape index (κ2) is 11.1. The van der Waals surface area contributed by atoms with Crippen LogP contribution in [0.2, 0.25) is 0 Å². The minimum atomic E-state index is -3.66. The van der Waals surface area contributed by atoms with Crippen molar-refractivity contribution in [2.75, 3.05) is 26.2 Å². The van der Waals surface area contributed by atoms with E-state index in [4.69, 9.17) is 15.6 Å². The first kappa shape index (κ1) is 27.5. The summed E-state index contributed by atoms with van der Waals surface area (Å²) in [7, 11) is -3.66. The van der Waals surface area contributed by atoms with E-state index in [0.717, 1.165) is 19.3 Å². The molecule has 33 heavy (non-hydrogen) atoms. The number of carboxylic acids is 1. The normalized spacial score (nSPS) is 24.2. The molecular weight excluding hydrogens is 450 g/mol. The number of likely N-dealkylation sites (tertiary alicyclic amines) is 1. The molecule has 11 heteroatoms. The van der Waals surface area contributed by atoms with Gasteiger partial charge in [0.25, 0.3) is 0 Å². The number of hydrogen-bond donors (Lipinski definition) is 2. The molecule has 0 aromatic heterocycles. The van der Waals surface area contributed by atoms with E-state index in [1.165, 1.54) is 11.2 Å².